The topological polar surface area (TPSA) is 90.9 Å². The SMILES string of the molecule is CC(=O)CCCOCCC(=O)CNc1ccc(COC(=O)CCOC(C)C)cc1. The fourth-order valence-electron chi connectivity index (χ4n) is 2.33. The van der Waals surface area contributed by atoms with Gasteiger partial charge in [0.1, 0.15) is 12.4 Å². The summed E-state index contributed by atoms with van der Waals surface area (Å²) < 4.78 is 15.9. The van der Waals surface area contributed by atoms with Crippen molar-refractivity contribution in [3.8, 4) is 0 Å². The highest BCUT2D eigenvalue weighted by Gasteiger charge is 2.06. The maximum Gasteiger partial charge on any atom is 0.308 e. The Morgan fingerprint density at radius 3 is 2.34 bits per heavy atom. The van der Waals surface area contributed by atoms with E-state index in [-0.39, 0.29) is 43.2 Å². The Labute approximate surface area is 173 Å². The molecule has 0 saturated heterocycles. The van der Waals surface area contributed by atoms with Gasteiger partial charge in [-0.05, 0) is 44.9 Å². The quantitative estimate of drug-likeness (QED) is 0.332. The molecule has 0 spiro atoms. The molecule has 0 aromatic heterocycles. The van der Waals surface area contributed by atoms with Gasteiger partial charge in [-0.1, -0.05) is 12.1 Å². The van der Waals surface area contributed by atoms with E-state index in [0.29, 0.717) is 39.1 Å². The first-order chi connectivity index (χ1) is 13.9. The zero-order valence-corrected chi connectivity index (χ0v) is 17.7. The zero-order chi connectivity index (χ0) is 21.5. The summed E-state index contributed by atoms with van der Waals surface area (Å²) in [6.45, 7) is 7.04. The number of rotatable bonds is 16. The van der Waals surface area contributed by atoms with Gasteiger partial charge in [0.15, 0.2) is 5.78 Å². The first-order valence-electron chi connectivity index (χ1n) is 10.1. The van der Waals surface area contributed by atoms with Crippen LogP contribution in [0.2, 0.25) is 0 Å². The Kier molecular flexibility index (Phi) is 12.6. The molecule has 0 aliphatic heterocycles. The van der Waals surface area contributed by atoms with Crippen LogP contribution in [0, 0.1) is 0 Å². The minimum Gasteiger partial charge on any atom is -0.461 e. The molecule has 1 N–H and O–H groups in total. The third kappa shape index (κ3) is 13.5. The van der Waals surface area contributed by atoms with E-state index in [0.717, 1.165) is 11.3 Å². The van der Waals surface area contributed by atoms with Crippen LogP contribution < -0.4 is 5.32 Å². The Morgan fingerprint density at radius 1 is 0.966 bits per heavy atom. The first kappa shape index (κ1) is 24.8. The predicted molar refractivity (Wildman–Crippen MR) is 111 cm³/mol. The minimum absolute atomic E-state index is 0.0539. The van der Waals surface area contributed by atoms with Gasteiger partial charge in [-0.2, -0.15) is 0 Å². The molecule has 0 radical (unpaired) electrons. The lowest BCUT2D eigenvalue weighted by molar-refractivity contribution is -0.146. The Balaban J connectivity index is 2.16. The van der Waals surface area contributed by atoms with Gasteiger partial charge < -0.3 is 24.3 Å². The summed E-state index contributed by atoms with van der Waals surface area (Å²) in [6.07, 6.45) is 1.87. The predicted octanol–water partition coefficient (Wildman–Crippen LogP) is 3.30. The molecule has 0 bridgehead atoms. The number of ether oxygens (including phenoxy) is 3. The summed E-state index contributed by atoms with van der Waals surface area (Å²) in [7, 11) is 0. The Morgan fingerprint density at radius 2 is 1.69 bits per heavy atom. The summed E-state index contributed by atoms with van der Waals surface area (Å²) in [5.74, 6) is -0.0885. The van der Waals surface area contributed by atoms with Crippen molar-refractivity contribution in [2.45, 2.75) is 59.2 Å². The molecule has 7 heteroatoms. The van der Waals surface area contributed by atoms with E-state index in [1.54, 1.807) is 6.92 Å². The summed E-state index contributed by atoms with van der Waals surface area (Å²) in [5.41, 5.74) is 1.69. The number of esters is 1. The molecule has 0 aliphatic carbocycles. The molecule has 0 aliphatic rings. The molecule has 0 atom stereocenters. The van der Waals surface area contributed by atoms with Gasteiger partial charge in [0, 0.05) is 25.1 Å². The van der Waals surface area contributed by atoms with Crippen LogP contribution in [0.5, 0.6) is 0 Å². The Hall–Kier alpha value is -2.25. The van der Waals surface area contributed by atoms with Crippen molar-refractivity contribution in [1.29, 1.82) is 0 Å². The summed E-state index contributed by atoms with van der Waals surface area (Å²) in [4.78, 5) is 34.3. The largest absolute Gasteiger partial charge is 0.461 e. The number of hydrogen-bond donors (Lipinski definition) is 1. The molecule has 162 valence electrons. The second-order valence-electron chi connectivity index (χ2n) is 7.09. The van der Waals surface area contributed by atoms with Crippen molar-refractivity contribution in [3.63, 3.8) is 0 Å². The fraction of sp³-hybridized carbons (Fsp3) is 0.591. The van der Waals surface area contributed by atoms with Gasteiger partial charge in [0.05, 0.1) is 32.3 Å². The van der Waals surface area contributed by atoms with Crippen molar-refractivity contribution in [2.24, 2.45) is 0 Å². The van der Waals surface area contributed by atoms with Gasteiger partial charge in [-0.3, -0.25) is 9.59 Å². The third-order valence-corrected chi connectivity index (χ3v) is 3.94. The molecule has 29 heavy (non-hydrogen) atoms. The van der Waals surface area contributed by atoms with Crippen LogP contribution in [0.3, 0.4) is 0 Å². The lowest BCUT2D eigenvalue weighted by atomic mass is 10.2. The highest BCUT2D eigenvalue weighted by molar-refractivity contribution is 5.83. The van der Waals surface area contributed by atoms with E-state index >= 15 is 0 Å². The van der Waals surface area contributed by atoms with Gasteiger partial charge in [-0.15, -0.1) is 0 Å². The molecule has 0 saturated carbocycles. The number of ketones is 2. The number of hydrogen-bond acceptors (Lipinski definition) is 7. The van der Waals surface area contributed by atoms with Crippen LogP contribution in [0.1, 0.15) is 52.0 Å². The van der Waals surface area contributed by atoms with E-state index in [1.165, 1.54) is 0 Å². The maximum atomic E-state index is 11.9. The van der Waals surface area contributed by atoms with E-state index in [1.807, 2.05) is 38.1 Å². The van der Waals surface area contributed by atoms with Crippen molar-refractivity contribution >= 4 is 23.2 Å². The van der Waals surface area contributed by atoms with Crippen LogP contribution in [0.15, 0.2) is 24.3 Å². The normalized spacial score (nSPS) is 10.8. The number of Topliss-reactive ketones (excluding diaryl/α,β-unsaturated/α-hetero) is 2. The zero-order valence-electron chi connectivity index (χ0n) is 17.7. The fourth-order valence-corrected chi connectivity index (χ4v) is 2.33. The van der Waals surface area contributed by atoms with Crippen molar-refractivity contribution in [1.82, 2.24) is 0 Å². The number of benzene rings is 1. The van der Waals surface area contributed by atoms with E-state index in [9.17, 15) is 14.4 Å². The van der Waals surface area contributed by atoms with Crippen LogP contribution >= 0.6 is 0 Å². The number of carbonyl (C=O) groups excluding carboxylic acids is 3. The van der Waals surface area contributed by atoms with Gasteiger partial charge >= 0.3 is 5.97 Å². The summed E-state index contributed by atoms with van der Waals surface area (Å²) in [5, 5.41) is 3.07. The third-order valence-electron chi connectivity index (χ3n) is 3.94. The maximum absolute atomic E-state index is 11.9. The molecular weight excluding hydrogens is 374 g/mol. The Bertz CT molecular complexity index is 627. The molecule has 1 aromatic rings. The lowest BCUT2D eigenvalue weighted by Crippen LogP contribution is -2.16. The van der Waals surface area contributed by atoms with Crippen LogP contribution in [-0.4, -0.2) is 50.0 Å². The summed E-state index contributed by atoms with van der Waals surface area (Å²) >= 11 is 0. The molecule has 7 nitrogen and oxygen atoms in total. The standard InChI is InChI=1S/C22H33NO6/c1-17(2)28-14-11-22(26)29-16-19-6-8-20(9-7-19)23-15-21(25)10-13-27-12-4-5-18(3)24/h6-9,17,23H,4-5,10-16H2,1-3H3. The minimum atomic E-state index is -0.290. The lowest BCUT2D eigenvalue weighted by Gasteiger charge is -2.09. The molecule has 1 aromatic carbocycles. The number of anilines is 1. The van der Waals surface area contributed by atoms with Gasteiger partial charge in [-0.25, -0.2) is 0 Å². The number of carbonyl (C=O) groups is 3. The molecule has 0 amide bonds. The summed E-state index contributed by atoms with van der Waals surface area (Å²) in [6, 6.07) is 7.39. The monoisotopic (exact) mass is 407 g/mol. The van der Waals surface area contributed by atoms with Crippen LogP contribution in [0.4, 0.5) is 5.69 Å². The smallest absolute Gasteiger partial charge is 0.308 e. The molecular formula is C22H33NO6. The van der Waals surface area contributed by atoms with Crippen LogP contribution in [0.25, 0.3) is 0 Å². The van der Waals surface area contributed by atoms with Crippen LogP contribution in [-0.2, 0) is 35.2 Å². The molecule has 0 unspecified atom stereocenters. The molecule has 0 heterocycles. The highest BCUT2D eigenvalue weighted by atomic mass is 16.5. The average molecular weight is 408 g/mol. The second kappa shape index (κ2) is 14.7. The van der Waals surface area contributed by atoms with E-state index in [2.05, 4.69) is 5.32 Å². The highest BCUT2D eigenvalue weighted by Crippen LogP contribution is 2.11. The first-order valence-corrected chi connectivity index (χ1v) is 10.1. The van der Waals surface area contributed by atoms with E-state index < -0.39 is 0 Å². The van der Waals surface area contributed by atoms with Gasteiger partial charge in [0.25, 0.3) is 0 Å². The van der Waals surface area contributed by atoms with E-state index in [4.69, 9.17) is 14.2 Å². The van der Waals surface area contributed by atoms with Crippen molar-refractivity contribution in [3.05, 3.63) is 29.8 Å². The average Bonchev–Trinajstić information content (AvgIpc) is 2.67. The van der Waals surface area contributed by atoms with Crippen molar-refractivity contribution in [2.75, 3.05) is 31.7 Å². The molecule has 1 rings (SSSR count). The van der Waals surface area contributed by atoms with Gasteiger partial charge in [0.2, 0.25) is 0 Å². The van der Waals surface area contributed by atoms with Crippen molar-refractivity contribution < 1.29 is 28.6 Å². The molecule has 0 fully saturated rings. The number of nitrogens with one attached hydrogen (secondary N) is 1. The second-order valence-corrected chi connectivity index (χ2v) is 7.09.